The molecule has 8 nitrogen and oxygen atoms in total. The summed E-state index contributed by atoms with van der Waals surface area (Å²) in [6.45, 7) is 36.9. The molecule has 2 saturated carbocycles. The van der Waals surface area contributed by atoms with E-state index in [0.29, 0.717) is 69.8 Å². The minimum atomic E-state index is -2.23. The summed E-state index contributed by atoms with van der Waals surface area (Å²) >= 11 is 0. The number of fused-ring (bicyclic) bond motifs is 4. The fourth-order valence-electron chi connectivity index (χ4n) is 12.3. The van der Waals surface area contributed by atoms with Gasteiger partial charge in [0.25, 0.3) is 0 Å². The topological polar surface area (TPSA) is 89.5 Å². The monoisotopic (exact) mass is 821 g/mol. The molecular formula is C46H84O8Si2. The van der Waals surface area contributed by atoms with E-state index in [1.54, 1.807) is 0 Å². The zero-order valence-corrected chi connectivity index (χ0v) is 40.5. The summed E-state index contributed by atoms with van der Waals surface area (Å²) in [5.74, 6) is 1.29. The van der Waals surface area contributed by atoms with Crippen molar-refractivity contribution in [2.75, 3.05) is 0 Å². The van der Waals surface area contributed by atoms with Crippen LogP contribution in [0.5, 0.6) is 0 Å². The fourth-order valence-corrected chi connectivity index (χ4v) is 23.6. The lowest BCUT2D eigenvalue weighted by Crippen LogP contribution is -2.56. The minimum absolute atomic E-state index is 0.0223. The molecule has 0 aromatic carbocycles. The third-order valence-electron chi connectivity index (χ3n) is 15.8. The Labute approximate surface area is 344 Å². The highest BCUT2D eigenvalue weighted by atomic mass is 28.4. The fraction of sp³-hybridized carbons (Fsp3) is 0.957. The predicted octanol–water partition coefficient (Wildman–Crippen LogP) is 11.4. The van der Waals surface area contributed by atoms with Gasteiger partial charge in [0.1, 0.15) is 12.2 Å². The highest BCUT2D eigenvalue weighted by molar-refractivity contribution is 6.78. The highest BCUT2D eigenvalue weighted by Crippen LogP contribution is 2.50. The third kappa shape index (κ3) is 9.87. The van der Waals surface area contributed by atoms with Crippen molar-refractivity contribution < 1.29 is 37.4 Å². The Morgan fingerprint density at radius 1 is 0.464 bits per heavy atom. The van der Waals surface area contributed by atoms with E-state index in [1.807, 2.05) is 0 Å². The van der Waals surface area contributed by atoms with E-state index in [1.165, 1.54) is 0 Å². The van der Waals surface area contributed by atoms with Crippen LogP contribution >= 0.6 is 0 Å². The Morgan fingerprint density at radius 2 is 0.750 bits per heavy atom. The molecule has 324 valence electrons. The molecule has 10 heteroatoms. The molecule has 3 saturated heterocycles. The second-order valence-electron chi connectivity index (χ2n) is 21.4. The molecular weight excluding hydrogens is 737 g/mol. The van der Waals surface area contributed by atoms with Crippen molar-refractivity contribution >= 4 is 28.6 Å². The van der Waals surface area contributed by atoms with Gasteiger partial charge < -0.3 is 27.8 Å². The Kier molecular flexibility index (Phi) is 15.3. The van der Waals surface area contributed by atoms with Gasteiger partial charge >= 0.3 is 11.9 Å². The van der Waals surface area contributed by atoms with Gasteiger partial charge in [0.2, 0.25) is 16.6 Å². The SMILES string of the molecule is CC(C)[Si](O[C@H]1C[C@H]2C[C@@H]([C@H]3C[C@@H]3C)OC(=O)C[C@@H]3O[C@@H](C[C@H](O[Si](C(C)C)(C(C)C)C(C)C)[C@H]3C)C[C@@H]([C@H]3C[C@@H]3C)OC(=O)C[C@H](O2)[C@@H]1C)(C(C)C)C(C)C. The van der Waals surface area contributed by atoms with Crippen LogP contribution in [0.3, 0.4) is 0 Å². The van der Waals surface area contributed by atoms with E-state index >= 15 is 0 Å². The molecule has 0 amide bonds. The van der Waals surface area contributed by atoms with Crippen LogP contribution in [0.15, 0.2) is 0 Å². The lowest BCUT2D eigenvalue weighted by Gasteiger charge is -2.50. The summed E-state index contributed by atoms with van der Waals surface area (Å²) in [7, 11) is -4.46. The van der Waals surface area contributed by atoms with Crippen molar-refractivity contribution in [3.05, 3.63) is 0 Å². The van der Waals surface area contributed by atoms with Gasteiger partial charge in [0, 0.05) is 24.7 Å². The first-order chi connectivity index (χ1) is 26.1. The number of hydrogen-bond acceptors (Lipinski definition) is 8. The Bertz CT molecular complexity index is 1180. The van der Waals surface area contributed by atoms with Crippen molar-refractivity contribution in [2.24, 2.45) is 35.5 Å². The zero-order chi connectivity index (χ0) is 41.6. The maximum absolute atomic E-state index is 14.2. The summed E-state index contributed by atoms with van der Waals surface area (Å²) in [6, 6.07) is 0. The summed E-state index contributed by atoms with van der Waals surface area (Å²) in [5, 5.41) is 0. The van der Waals surface area contributed by atoms with Crippen LogP contribution in [0.25, 0.3) is 0 Å². The van der Waals surface area contributed by atoms with E-state index in [4.69, 9.17) is 27.8 Å². The minimum Gasteiger partial charge on any atom is -0.462 e. The molecule has 0 N–H and O–H groups in total. The quantitative estimate of drug-likeness (QED) is 0.142. The summed E-state index contributed by atoms with van der Waals surface area (Å²) in [4.78, 5) is 28.4. The molecule has 5 fully saturated rings. The lowest BCUT2D eigenvalue weighted by molar-refractivity contribution is -0.183. The molecule has 14 atom stereocenters. The third-order valence-corrected chi connectivity index (χ3v) is 28.0. The average Bonchev–Trinajstić information content (AvgIpc) is 4.00. The summed E-state index contributed by atoms with van der Waals surface area (Å²) in [6.07, 6.45) is 3.57. The highest BCUT2D eigenvalue weighted by Gasteiger charge is 2.54. The van der Waals surface area contributed by atoms with Crippen molar-refractivity contribution in [3.63, 3.8) is 0 Å². The standard InChI is InChI=1S/C46H84O8Si2/c1-25(2)55(26(3)4,27(5)6)53-41-19-35-21-43(37-17-31(37)13)51-46(48)24-40-34(16)42(54-56(28(7)8,29(9)10)30(11)12)20-36(50-40)22-44(38-18-32(38)14)52-45(47)23-39(49-35)33(41)15/h25-44H,17-24H2,1-16H3/t31-,32-,33-,34-,35-,36-,37-,38-,39-,40-,41-,42-,43-,44-/m0/s1. The van der Waals surface area contributed by atoms with Crippen molar-refractivity contribution in [3.8, 4) is 0 Å². The number of carbonyl (C=O) groups is 2. The Balaban J connectivity index is 1.48. The first kappa shape index (κ1) is 46.3. The van der Waals surface area contributed by atoms with Crippen molar-refractivity contribution in [2.45, 2.75) is 244 Å². The maximum Gasteiger partial charge on any atom is 0.308 e. The molecule has 0 radical (unpaired) electrons. The maximum atomic E-state index is 14.2. The van der Waals surface area contributed by atoms with E-state index in [-0.39, 0.29) is 85.4 Å². The molecule has 0 unspecified atom stereocenters. The van der Waals surface area contributed by atoms with Crippen LogP contribution in [-0.2, 0) is 37.4 Å². The van der Waals surface area contributed by atoms with Gasteiger partial charge in [-0.2, -0.15) is 0 Å². The number of rotatable bonds is 12. The van der Waals surface area contributed by atoms with Gasteiger partial charge in [-0.05, 0) is 82.6 Å². The van der Waals surface area contributed by atoms with Gasteiger partial charge in [-0.25, -0.2) is 0 Å². The van der Waals surface area contributed by atoms with Gasteiger partial charge in [-0.3, -0.25) is 9.59 Å². The first-order valence-electron chi connectivity index (χ1n) is 23.2. The van der Waals surface area contributed by atoms with Gasteiger partial charge in [0.05, 0.1) is 49.5 Å². The van der Waals surface area contributed by atoms with Crippen molar-refractivity contribution in [1.82, 2.24) is 0 Å². The molecule has 3 aliphatic heterocycles. The number of hydrogen-bond donors (Lipinski definition) is 0. The van der Waals surface area contributed by atoms with Crippen LogP contribution in [0.1, 0.15) is 162 Å². The molecule has 0 aromatic heterocycles. The molecule has 4 bridgehead atoms. The van der Waals surface area contributed by atoms with Crippen LogP contribution < -0.4 is 0 Å². The van der Waals surface area contributed by atoms with E-state index in [9.17, 15) is 9.59 Å². The van der Waals surface area contributed by atoms with Gasteiger partial charge in [0.15, 0.2) is 0 Å². The van der Waals surface area contributed by atoms with E-state index < -0.39 is 16.6 Å². The number of esters is 2. The smallest absolute Gasteiger partial charge is 0.308 e. The summed E-state index contributed by atoms with van der Waals surface area (Å²) in [5.41, 5.74) is 2.67. The van der Waals surface area contributed by atoms with Crippen molar-refractivity contribution in [1.29, 1.82) is 0 Å². The van der Waals surface area contributed by atoms with Crippen LogP contribution in [0, 0.1) is 35.5 Å². The number of cyclic esters (lactones) is 2. The molecule has 3 heterocycles. The summed E-state index contributed by atoms with van der Waals surface area (Å²) < 4.78 is 42.0. The van der Waals surface area contributed by atoms with Crippen LogP contribution in [0.2, 0.25) is 33.2 Å². The average molecular weight is 821 g/mol. The lowest BCUT2D eigenvalue weighted by atomic mass is 9.86. The second kappa shape index (κ2) is 18.5. The first-order valence-corrected chi connectivity index (χ1v) is 27.4. The Morgan fingerprint density at radius 3 is 1.00 bits per heavy atom. The normalized spacial score (nSPS) is 39.1. The van der Waals surface area contributed by atoms with E-state index in [0.717, 1.165) is 25.7 Å². The second-order valence-corrected chi connectivity index (χ2v) is 32.2. The number of ether oxygens (including phenoxy) is 4. The molecule has 0 aromatic rings. The molecule has 2 aliphatic carbocycles. The zero-order valence-electron chi connectivity index (χ0n) is 38.5. The largest absolute Gasteiger partial charge is 0.462 e. The number of carbonyl (C=O) groups excluding carboxylic acids is 2. The molecule has 56 heavy (non-hydrogen) atoms. The van der Waals surface area contributed by atoms with E-state index in [2.05, 4.69) is 111 Å². The predicted molar refractivity (Wildman–Crippen MR) is 229 cm³/mol. The van der Waals surface area contributed by atoms with Gasteiger partial charge in [-0.1, -0.05) is 111 Å². The van der Waals surface area contributed by atoms with Gasteiger partial charge in [-0.15, -0.1) is 0 Å². The molecule has 5 aliphatic rings. The van der Waals surface area contributed by atoms with Crippen LogP contribution in [-0.4, -0.2) is 77.4 Å². The van der Waals surface area contributed by atoms with Crippen LogP contribution in [0.4, 0.5) is 0 Å². The molecule has 0 spiro atoms. The molecule has 5 rings (SSSR count). The Hall–Kier alpha value is -0.786.